The Bertz CT molecular complexity index is 1160. The van der Waals surface area contributed by atoms with Crippen molar-refractivity contribution in [3.05, 3.63) is 90.3 Å². The number of fused-ring (bicyclic) bond motifs is 1. The number of nitrogens with zero attached hydrogens (tertiary/aromatic N) is 2. The maximum atomic E-state index is 13.0. The van der Waals surface area contributed by atoms with E-state index in [9.17, 15) is 8.42 Å². The molecule has 2 aromatic heterocycles. The van der Waals surface area contributed by atoms with E-state index in [1.807, 2.05) is 78.2 Å². The zero-order valence-corrected chi connectivity index (χ0v) is 15.1. The molecule has 0 amide bonds. The Morgan fingerprint density at radius 2 is 1.58 bits per heavy atom. The standard InChI is InChI=1S/C21H18N2O2S/c1-16-10-12-18(13-11-16)26(24,25)15-19-21(17-7-3-2-4-8-17)22-20-9-5-6-14-23(19)20/h2-14H,15H2,1H3. The highest BCUT2D eigenvalue weighted by molar-refractivity contribution is 7.90. The van der Waals surface area contributed by atoms with Crippen molar-refractivity contribution in [1.29, 1.82) is 0 Å². The minimum Gasteiger partial charge on any atom is -0.302 e. The Kier molecular flexibility index (Phi) is 4.09. The van der Waals surface area contributed by atoms with Crippen molar-refractivity contribution in [2.24, 2.45) is 0 Å². The largest absolute Gasteiger partial charge is 0.302 e. The Morgan fingerprint density at radius 3 is 2.31 bits per heavy atom. The topological polar surface area (TPSA) is 51.4 Å². The number of imidazole rings is 1. The first-order valence-electron chi connectivity index (χ1n) is 8.35. The SMILES string of the molecule is Cc1ccc(S(=O)(=O)Cc2c(-c3ccccc3)nc3ccccn23)cc1. The molecule has 0 saturated heterocycles. The smallest absolute Gasteiger partial charge is 0.184 e. The lowest BCUT2D eigenvalue weighted by molar-refractivity contribution is 0.594. The molecule has 4 nitrogen and oxygen atoms in total. The number of rotatable bonds is 4. The highest BCUT2D eigenvalue weighted by atomic mass is 32.2. The molecule has 2 heterocycles. The van der Waals surface area contributed by atoms with Crippen molar-refractivity contribution >= 4 is 15.5 Å². The number of hydrogen-bond acceptors (Lipinski definition) is 3. The summed E-state index contributed by atoms with van der Waals surface area (Å²) in [5, 5.41) is 0. The lowest BCUT2D eigenvalue weighted by Gasteiger charge is -2.08. The predicted octanol–water partition coefficient (Wildman–Crippen LogP) is 4.28. The number of sulfone groups is 1. The van der Waals surface area contributed by atoms with E-state index in [0.717, 1.165) is 16.8 Å². The van der Waals surface area contributed by atoms with E-state index in [-0.39, 0.29) is 5.75 Å². The Labute approximate surface area is 152 Å². The molecule has 2 aromatic carbocycles. The summed E-state index contributed by atoms with van der Waals surface area (Å²) in [6.45, 7) is 1.94. The molecule has 0 aliphatic heterocycles. The van der Waals surface area contributed by atoms with Crippen molar-refractivity contribution in [3.8, 4) is 11.3 Å². The second-order valence-electron chi connectivity index (χ2n) is 6.27. The first-order chi connectivity index (χ1) is 12.5. The Hall–Kier alpha value is -2.92. The number of benzene rings is 2. The van der Waals surface area contributed by atoms with Crippen molar-refractivity contribution in [2.45, 2.75) is 17.6 Å². The summed E-state index contributed by atoms with van der Waals surface area (Å²) in [5.41, 5.74) is 4.05. The molecule has 0 saturated carbocycles. The lowest BCUT2D eigenvalue weighted by Crippen LogP contribution is -2.08. The van der Waals surface area contributed by atoms with Gasteiger partial charge in [0.25, 0.3) is 0 Å². The van der Waals surface area contributed by atoms with Gasteiger partial charge >= 0.3 is 0 Å². The van der Waals surface area contributed by atoms with Gasteiger partial charge in [0.15, 0.2) is 9.84 Å². The van der Waals surface area contributed by atoms with Crippen LogP contribution in [0.2, 0.25) is 0 Å². The van der Waals surface area contributed by atoms with Gasteiger partial charge in [-0.05, 0) is 31.2 Å². The molecule has 0 spiro atoms. The Balaban J connectivity index is 1.86. The molecule has 0 atom stereocenters. The monoisotopic (exact) mass is 362 g/mol. The van der Waals surface area contributed by atoms with E-state index >= 15 is 0 Å². The van der Waals surface area contributed by atoms with Crippen LogP contribution in [0.1, 0.15) is 11.3 Å². The number of aromatic nitrogens is 2. The normalized spacial score (nSPS) is 11.7. The summed E-state index contributed by atoms with van der Waals surface area (Å²) < 4.78 is 27.8. The lowest BCUT2D eigenvalue weighted by atomic mass is 10.1. The average molecular weight is 362 g/mol. The van der Waals surface area contributed by atoms with E-state index < -0.39 is 9.84 Å². The fraction of sp³-hybridized carbons (Fsp3) is 0.0952. The quantitative estimate of drug-likeness (QED) is 0.544. The molecule has 4 aromatic rings. The second-order valence-corrected chi connectivity index (χ2v) is 8.26. The van der Waals surface area contributed by atoms with E-state index in [4.69, 9.17) is 0 Å². The van der Waals surface area contributed by atoms with Crippen LogP contribution >= 0.6 is 0 Å². The summed E-state index contributed by atoms with van der Waals surface area (Å²) in [6, 6.07) is 22.3. The third-order valence-electron chi connectivity index (χ3n) is 4.38. The number of aryl methyl sites for hydroxylation is 1. The van der Waals surface area contributed by atoms with Crippen LogP contribution in [0.4, 0.5) is 0 Å². The number of hydrogen-bond donors (Lipinski definition) is 0. The molecule has 0 N–H and O–H groups in total. The van der Waals surface area contributed by atoms with Gasteiger partial charge in [-0.15, -0.1) is 0 Å². The fourth-order valence-electron chi connectivity index (χ4n) is 3.02. The van der Waals surface area contributed by atoms with Crippen LogP contribution in [0.5, 0.6) is 0 Å². The third kappa shape index (κ3) is 3.02. The van der Waals surface area contributed by atoms with Gasteiger partial charge in [-0.2, -0.15) is 0 Å². The van der Waals surface area contributed by atoms with Crippen LogP contribution in [0.3, 0.4) is 0 Å². The van der Waals surface area contributed by atoms with Gasteiger partial charge in [-0.25, -0.2) is 13.4 Å². The fourth-order valence-corrected chi connectivity index (χ4v) is 4.37. The number of pyridine rings is 1. The van der Waals surface area contributed by atoms with E-state index in [0.29, 0.717) is 16.3 Å². The van der Waals surface area contributed by atoms with E-state index in [2.05, 4.69) is 4.98 Å². The van der Waals surface area contributed by atoms with Crippen LogP contribution in [-0.2, 0) is 15.6 Å². The summed E-state index contributed by atoms with van der Waals surface area (Å²) in [6.07, 6.45) is 1.86. The molecule has 130 valence electrons. The summed E-state index contributed by atoms with van der Waals surface area (Å²) in [4.78, 5) is 5.00. The minimum absolute atomic E-state index is 0.106. The molecule has 0 fully saturated rings. The molecular weight excluding hydrogens is 344 g/mol. The molecular formula is C21H18N2O2S. The maximum absolute atomic E-state index is 13.0. The molecule has 5 heteroatoms. The second kappa shape index (κ2) is 6.42. The summed E-state index contributed by atoms with van der Waals surface area (Å²) in [5.74, 6) is -0.106. The molecule has 0 radical (unpaired) electrons. The van der Waals surface area contributed by atoms with Crippen LogP contribution in [0.15, 0.2) is 83.9 Å². The minimum atomic E-state index is -3.48. The Morgan fingerprint density at radius 1 is 0.885 bits per heavy atom. The zero-order chi connectivity index (χ0) is 18.1. The van der Waals surface area contributed by atoms with Crippen LogP contribution < -0.4 is 0 Å². The van der Waals surface area contributed by atoms with Crippen LogP contribution in [0.25, 0.3) is 16.9 Å². The maximum Gasteiger partial charge on any atom is 0.184 e. The van der Waals surface area contributed by atoms with Crippen LogP contribution in [-0.4, -0.2) is 17.8 Å². The van der Waals surface area contributed by atoms with Gasteiger partial charge in [0, 0.05) is 11.8 Å². The van der Waals surface area contributed by atoms with Gasteiger partial charge in [-0.3, -0.25) is 0 Å². The highest BCUT2D eigenvalue weighted by Crippen LogP contribution is 2.27. The van der Waals surface area contributed by atoms with Gasteiger partial charge in [0.05, 0.1) is 22.0 Å². The molecule has 26 heavy (non-hydrogen) atoms. The first kappa shape index (κ1) is 16.5. The summed E-state index contributed by atoms with van der Waals surface area (Å²) >= 11 is 0. The van der Waals surface area contributed by atoms with Crippen molar-refractivity contribution in [1.82, 2.24) is 9.38 Å². The van der Waals surface area contributed by atoms with Crippen molar-refractivity contribution in [3.63, 3.8) is 0 Å². The van der Waals surface area contributed by atoms with Gasteiger partial charge in [-0.1, -0.05) is 54.1 Å². The van der Waals surface area contributed by atoms with Gasteiger partial charge in [0.2, 0.25) is 0 Å². The highest BCUT2D eigenvalue weighted by Gasteiger charge is 2.22. The zero-order valence-electron chi connectivity index (χ0n) is 14.3. The van der Waals surface area contributed by atoms with E-state index in [1.54, 1.807) is 12.1 Å². The van der Waals surface area contributed by atoms with Gasteiger partial charge < -0.3 is 4.40 Å². The average Bonchev–Trinajstić information content (AvgIpc) is 3.01. The predicted molar refractivity (Wildman–Crippen MR) is 103 cm³/mol. The summed E-state index contributed by atoms with van der Waals surface area (Å²) in [7, 11) is -3.48. The molecule has 0 aliphatic rings. The van der Waals surface area contributed by atoms with Gasteiger partial charge in [0.1, 0.15) is 5.65 Å². The van der Waals surface area contributed by atoms with E-state index in [1.165, 1.54) is 0 Å². The molecule has 0 bridgehead atoms. The van der Waals surface area contributed by atoms with Crippen LogP contribution in [0, 0.1) is 6.92 Å². The molecule has 4 rings (SSSR count). The first-order valence-corrected chi connectivity index (χ1v) is 10.0. The molecule has 0 aliphatic carbocycles. The molecule has 0 unspecified atom stereocenters. The van der Waals surface area contributed by atoms with Crippen molar-refractivity contribution in [2.75, 3.05) is 0 Å². The van der Waals surface area contributed by atoms with Crippen molar-refractivity contribution < 1.29 is 8.42 Å². The third-order valence-corrected chi connectivity index (χ3v) is 6.03.